The SMILES string of the molecule is CCCN(CCC)C(=O)C1=Cc2ccc(-c3ccc(C(=O)NCCCC(=O)OCc4ccccc4)cc3)cc2N=C(N)C1. The fourth-order valence-corrected chi connectivity index (χ4v) is 4.93. The summed E-state index contributed by atoms with van der Waals surface area (Å²) in [6, 6.07) is 22.7. The van der Waals surface area contributed by atoms with E-state index in [0.29, 0.717) is 55.1 Å². The van der Waals surface area contributed by atoms with Crippen LogP contribution in [0.4, 0.5) is 5.69 Å². The molecule has 0 fully saturated rings. The van der Waals surface area contributed by atoms with Gasteiger partial charge in [-0.1, -0.05) is 68.4 Å². The second kappa shape index (κ2) is 15.5. The predicted octanol–water partition coefficient (Wildman–Crippen LogP) is 6.03. The number of rotatable bonds is 13. The first-order chi connectivity index (χ1) is 20.9. The molecule has 0 atom stereocenters. The Balaban J connectivity index is 1.33. The maximum Gasteiger partial charge on any atom is 0.306 e. The Morgan fingerprint density at radius 2 is 1.63 bits per heavy atom. The molecule has 43 heavy (non-hydrogen) atoms. The summed E-state index contributed by atoms with van der Waals surface area (Å²) in [5.41, 5.74) is 11.8. The molecule has 0 aromatic heterocycles. The van der Waals surface area contributed by atoms with Crippen molar-refractivity contribution in [3.8, 4) is 11.1 Å². The van der Waals surface area contributed by atoms with Gasteiger partial charge in [0.2, 0.25) is 5.91 Å². The summed E-state index contributed by atoms with van der Waals surface area (Å²) >= 11 is 0. The average Bonchev–Trinajstić information content (AvgIpc) is 3.19. The number of nitrogens with two attached hydrogens (primary N) is 1. The average molecular weight is 581 g/mol. The van der Waals surface area contributed by atoms with Gasteiger partial charge in [0.1, 0.15) is 12.4 Å². The topological polar surface area (TPSA) is 114 Å². The van der Waals surface area contributed by atoms with E-state index in [2.05, 4.69) is 24.2 Å². The lowest BCUT2D eigenvalue weighted by Gasteiger charge is -2.22. The van der Waals surface area contributed by atoms with Crippen LogP contribution in [-0.2, 0) is 20.9 Å². The first-order valence-electron chi connectivity index (χ1n) is 14.9. The van der Waals surface area contributed by atoms with Crippen molar-refractivity contribution in [1.29, 1.82) is 0 Å². The highest BCUT2D eigenvalue weighted by Crippen LogP contribution is 2.32. The van der Waals surface area contributed by atoms with Crippen LogP contribution in [0.3, 0.4) is 0 Å². The number of carbonyl (C=O) groups excluding carboxylic acids is 3. The minimum absolute atomic E-state index is 0.00985. The Kier molecular flexibility index (Phi) is 11.2. The molecule has 1 heterocycles. The highest BCUT2D eigenvalue weighted by Gasteiger charge is 2.21. The van der Waals surface area contributed by atoms with Crippen LogP contribution in [0, 0.1) is 0 Å². The summed E-state index contributed by atoms with van der Waals surface area (Å²) < 4.78 is 5.28. The van der Waals surface area contributed by atoms with E-state index in [-0.39, 0.29) is 30.8 Å². The van der Waals surface area contributed by atoms with Gasteiger partial charge < -0.3 is 20.7 Å². The van der Waals surface area contributed by atoms with Gasteiger partial charge in [-0.3, -0.25) is 14.4 Å². The third-order valence-electron chi connectivity index (χ3n) is 7.11. The van der Waals surface area contributed by atoms with Crippen molar-refractivity contribution in [3.05, 3.63) is 95.1 Å². The van der Waals surface area contributed by atoms with E-state index < -0.39 is 0 Å². The molecule has 0 saturated carbocycles. The van der Waals surface area contributed by atoms with Gasteiger partial charge in [0, 0.05) is 49.2 Å². The molecule has 0 spiro atoms. The molecule has 3 aromatic carbocycles. The summed E-state index contributed by atoms with van der Waals surface area (Å²) in [4.78, 5) is 44.4. The fraction of sp³-hybridized carbons (Fsp3) is 0.314. The van der Waals surface area contributed by atoms with Crippen molar-refractivity contribution in [2.75, 3.05) is 19.6 Å². The van der Waals surface area contributed by atoms with Crippen molar-refractivity contribution in [3.63, 3.8) is 0 Å². The minimum Gasteiger partial charge on any atom is -0.461 e. The summed E-state index contributed by atoms with van der Waals surface area (Å²) in [7, 11) is 0. The van der Waals surface area contributed by atoms with Gasteiger partial charge in [-0.25, -0.2) is 4.99 Å². The maximum atomic E-state index is 13.2. The van der Waals surface area contributed by atoms with Crippen molar-refractivity contribution in [2.24, 2.45) is 10.7 Å². The van der Waals surface area contributed by atoms with Crippen LogP contribution in [-0.4, -0.2) is 48.2 Å². The maximum absolute atomic E-state index is 13.2. The van der Waals surface area contributed by atoms with Gasteiger partial charge in [0.15, 0.2) is 0 Å². The van der Waals surface area contributed by atoms with Crippen LogP contribution in [0.15, 0.2) is 83.4 Å². The molecule has 224 valence electrons. The number of nitrogens with zero attached hydrogens (tertiary/aromatic N) is 2. The van der Waals surface area contributed by atoms with Crippen molar-refractivity contribution in [1.82, 2.24) is 10.2 Å². The Morgan fingerprint density at radius 3 is 2.33 bits per heavy atom. The second-order valence-corrected chi connectivity index (χ2v) is 10.6. The first kappa shape index (κ1) is 31.2. The number of ether oxygens (including phenoxy) is 1. The van der Waals surface area contributed by atoms with Crippen molar-refractivity contribution in [2.45, 2.75) is 52.6 Å². The Bertz CT molecular complexity index is 1470. The van der Waals surface area contributed by atoms with Crippen LogP contribution in [0.2, 0.25) is 0 Å². The Labute approximate surface area is 253 Å². The van der Waals surface area contributed by atoms with Crippen LogP contribution in [0.25, 0.3) is 17.2 Å². The number of aliphatic imine (C=N–C) groups is 1. The summed E-state index contributed by atoms with van der Waals surface area (Å²) in [6.07, 6.45) is 4.74. The number of carbonyl (C=O) groups is 3. The number of fused-ring (bicyclic) bond motifs is 1. The third kappa shape index (κ3) is 8.88. The van der Waals surface area contributed by atoms with Crippen LogP contribution in [0.1, 0.15) is 67.4 Å². The summed E-state index contributed by atoms with van der Waals surface area (Å²) in [5, 5.41) is 2.86. The minimum atomic E-state index is -0.289. The number of esters is 1. The van der Waals surface area contributed by atoms with Crippen LogP contribution in [0.5, 0.6) is 0 Å². The molecule has 3 N–H and O–H groups in total. The van der Waals surface area contributed by atoms with Gasteiger partial charge in [0.25, 0.3) is 5.91 Å². The molecule has 2 amide bonds. The van der Waals surface area contributed by atoms with Crippen LogP contribution >= 0.6 is 0 Å². The normalized spacial score (nSPS) is 12.3. The molecule has 3 aromatic rings. The smallest absolute Gasteiger partial charge is 0.306 e. The van der Waals surface area contributed by atoms with E-state index in [9.17, 15) is 14.4 Å². The first-order valence-corrected chi connectivity index (χ1v) is 14.9. The number of nitrogens with one attached hydrogen (secondary N) is 1. The zero-order valence-electron chi connectivity index (χ0n) is 25.0. The van der Waals surface area contributed by atoms with Gasteiger partial charge >= 0.3 is 5.97 Å². The Morgan fingerprint density at radius 1 is 0.930 bits per heavy atom. The molecule has 0 saturated heterocycles. The third-order valence-corrected chi connectivity index (χ3v) is 7.11. The molecular weight excluding hydrogens is 540 g/mol. The molecule has 0 aliphatic carbocycles. The Hall–Kier alpha value is -4.72. The zero-order chi connectivity index (χ0) is 30.6. The largest absolute Gasteiger partial charge is 0.461 e. The van der Waals surface area contributed by atoms with Crippen LogP contribution < -0.4 is 11.1 Å². The molecule has 4 rings (SSSR count). The highest BCUT2D eigenvalue weighted by atomic mass is 16.5. The van der Waals surface area contributed by atoms with Gasteiger partial charge in [0.05, 0.1) is 5.69 Å². The molecule has 1 aliphatic rings. The number of hydrogen-bond acceptors (Lipinski definition) is 6. The molecule has 0 radical (unpaired) electrons. The van der Waals surface area contributed by atoms with Gasteiger partial charge in [-0.05, 0) is 60.2 Å². The quantitative estimate of drug-likeness (QED) is 0.189. The standard InChI is InChI=1S/C35H40N4O4/c1-3-19-39(20-4-2)35(42)30-21-29-17-16-28(22-31(29)38-32(36)23-30)26-12-14-27(15-13-26)34(41)37-18-8-11-33(40)43-24-25-9-6-5-7-10-25/h5-7,9-10,12-17,21-22H,3-4,8,11,18-20,23-24H2,1-2H3,(H2,36,38)(H,37,41). The van der Waals surface area contributed by atoms with E-state index in [4.69, 9.17) is 10.5 Å². The zero-order valence-corrected chi connectivity index (χ0v) is 25.0. The van der Waals surface area contributed by atoms with Gasteiger partial charge in [-0.2, -0.15) is 0 Å². The monoisotopic (exact) mass is 580 g/mol. The number of hydrogen-bond donors (Lipinski definition) is 2. The lowest BCUT2D eigenvalue weighted by atomic mass is 9.99. The van der Waals surface area contributed by atoms with E-state index in [1.54, 1.807) is 12.1 Å². The van der Waals surface area contributed by atoms with E-state index >= 15 is 0 Å². The van der Waals surface area contributed by atoms with E-state index in [0.717, 1.165) is 35.1 Å². The fourth-order valence-electron chi connectivity index (χ4n) is 4.93. The summed E-state index contributed by atoms with van der Waals surface area (Å²) in [6.45, 7) is 6.18. The lowest BCUT2D eigenvalue weighted by molar-refractivity contribution is -0.145. The number of amidine groups is 1. The molecule has 8 heteroatoms. The molecule has 0 bridgehead atoms. The molecule has 0 unspecified atom stereocenters. The van der Waals surface area contributed by atoms with Gasteiger partial charge in [-0.15, -0.1) is 0 Å². The molecular formula is C35H40N4O4. The van der Waals surface area contributed by atoms with E-state index in [1.165, 1.54) is 0 Å². The molecule has 8 nitrogen and oxygen atoms in total. The highest BCUT2D eigenvalue weighted by molar-refractivity contribution is 6.05. The second-order valence-electron chi connectivity index (χ2n) is 10.6. The van der Waals surface area contributed by atoms with Crippen molar-refractivity contribution >= 4 is 35.4 Å². The van der Waals surface area contributed by atoms with E-state index in [1.807, 2.05) is 71.6 Å². The number of amides is 2. The molecule has 1 aliphatic heterocycles. The summed E-state index contributed by atoms with van der Waals surface area (Å²) in [5.74, 6) is -0.0795. The predicted molar refractivity (Wildman–Crippen MR) is 171 cm³/mol. The van der Waals surface area contributed by atoms with Crippen molar-refractivity contribution < 1.29 is 19.1 Å². The lowest BCUT2D eigenvalue weighted by Crippen LogP contribution is -2.34. The number of benzene rings is 3.